The maximum Gasteiger partial charge on any atom is 0.338 e. The first-order valence-electron chi connectivity index (χ1n) is 3.08. The standard InChI is InChI=1S/C7H6ClNO3/c1-12-4-2-5(7(10)11)6(8)9-3-4/h2-3H,1H3,(H,10,11). The quantitative estimate of drug-likeness (QED) is 0.712. The van der Waals surface area contributed by atoms with Crippen LogP contribution in [-0.2, 0) is 0 Å². The number of hydrogen-bond acceptors (Lipinski definition) is 3. The van der Waals surface area contributed by atoms with Gasteiger partial charge in [0.1, 0.15) is 16.5 Å². The van der Waals surface area contributed by atoms with Gasteiger partial charge in [-0.2, -0.15) is 0 Å². The number of carboxylic acid groups (broad SMARTS) is 1. The molecule has 1 N–H and O–H groups in total. The number of pyridine rings is 1. The third kappa shape index (κ3) is 1.65. The zero-order chi connectivity index (χ0) is 9.14. The Bertz CT molecular complexity index is 314. The second-order valence-electron chi connectivity index (χ2n) is 2.02. The second kappa shape index (κ2) is 3.40. The highest BCUT2D eigenvalue weighted by atomic mass is 35.5. The van der Waals surface area contributed by atoms with Crippen LogP contribution >= 0.6 is 11.6 Å². The van der Waals surface area contributed by atoms with E-state index in [-0.39, 0.29) is 10.7 Å². The van der Waals surface area contributed by atoms with Gasteiger partial charge in [0, 0.05) is 0 Å². The number of hydrogen-bond donors (Lipinski definition) is 1. The molecule has 4 nitrogen and oxygen atoms in total. The molecule has 1 rings (SSSR count). The van der Waals surface area contributed by atoms with Gasteiger partial charge in [-0.1, -0.05) is 11.6 Å². The number of carboxylic acids is 1. The van der Waals surface area contributed by atoms with Gasteiger partial charge in [-0.3, -0.25) is 0 Å². The normalized spacial score (nSPS) is 9.50. The predicted molar refractivity (Wildman–Crippen MR) is 42.8 cm³/mol. The Morgan fingerprint density at radius 2 is 2.42 bits per heavy atom. The fourth-order valence-corrected chi connectivity index (χ4v) is 0.875. The largest absolute Gasteiger partial charge is 0.495 e. The van der Waals surface area contributed by atoms with Gasteiger partial charge >= 0.3 is 5.97 Å². The number of nitrogens with zero attached hydrogens (tertiary/aromatic N) is 1. The monoisotopic (exact) mass is 187 g/mol. The van der Waals surface area contributed by atoms with Crippen LogP contribution in [0.1, 0.15) is 10.4 Å². The molecular formula is C7H6ClNO3. The molecule has 0 radical (unpaired) electrons. The molecule has 1 aromatic rings. The number of halogens is 1. The molecule has 0 unspecified atom stereocenters. The maximum atomic E-state index is 10.5. The van der Waals surface area contributed by atoms with Gasteiger partial charge < -0.3 is 9.84 Å². The molecular weight excluding hydrogens is 182 g/mol. The molecule has 0 amide bonds. The van der Waals surface area contributed by atoms with E-state index in [0.717, 1.165) is 0 Å². The minimum Gasteiger partial charge on any atom is -0.495 e. The van der Waals surface area contributed by atoms with Gasteiger partial charge in [0.2, 0.25) is 0 Å². The van der Waals surface area contributed by atoms with E-state index in [1.165, 1.54) is 19.4 Å². The lowest BCUT2D eigenvalue weighted by molar-refractivity contribution is 0.0696. The predicted octanol–water partition coefficient (Wildman–Crippen LogP) is 1.44. The number of aromatic carboxylic acids is 1. The smallest absolute Gasteiger partial charge is 0.338 e. The molecule has 0 fully saturated rings. The molecule has 5 heteroatoms. The Morgan fingerprint density at radius 3 is 2.92 bits per heavy atom. The van der Waals surface area contributed by atoms with E-state index >= 15 is 0 Å². The first kappa shape index (κ1) is 8.80. The summed E-state index contributed by atoms with van der Waals surface area (Å²) in [5.74, 6) is -0.747. The van der Waals surface area contributed by atoms with Gasteiger partial charge in [-0.05, 0) is 6.07 Å². The highest BCUT2D eigenvalue weighted by molar-refractivity contribution is 6.32. The zero-order valence-electron chi connectivity index (χ0n) is 6.24. The third-order valence-electron chi connectivity index (χ3n) is 1.28. The van der Waals surface area contributed by atoms with E-state index in [1.54, 1.807) is 0 Å². The van der Waals surface area contributed by atoms with Crippen LogP contribution in [0.5, 0.6) is 5.75 Å². The first-order valence-corrected chi connectivity index (χ1v) is 3.45. The summed E-state index contributed by atoms with van der Waals surface area (Å²) >= 11 is 5.50. The van der Waals surface area contributed by atoms with Crippen LogP contribution in [0.25, 0.3) is 0 Å². The second-order valence-corrected chi connectivity index (χ2v) is 2.38. The average molecular weight is 188 g/mol. The van der Waals surface area contributed by atoms with Gasteiger partial charge in [-0.25, -0.2) is 9.78 Å². The summed E-state index contributed by atoms with van der Waals surface area (Å²) in [6.07, 6.45) is 1.36. The molecule has 12 heavy (non-hydrogen) atoms. The number of aromatic nitrogens is 1. The van der Waals surface area contributed by atoms with Crippen molar-refractivity contribution in [3.63, 3.8) is 0 Å². The lowest BCUT2D eigenvalue weighted by Gasteiger charge is -2.01. The van der Waals surface area contributed by atoms with E-state index in [9.17, 15) is 4.79 Å². The summed E-state index contributed by atoms with van der Waals surface area (Å²) in [6, 6.07) is 1.32. The van der Waals surface area contributed by atoms with Gasteiger partial charge in [0.05, 0.1) is 13.3 Å². The van der Waals surface area contributed by atoms with Gasteiger partial charge in [-0.15, -0.1) is 0 Å². The third-order valence-corrected chi connectivity index (χ3v) is 1.58. The summed E-state index contributed by atoms with van der Waals surface area (Å²) in [7, 11) is 1.43. The fourth-order valence-electron chi connectivity index (χ4n) is 0.691. The molecule has 0 spiro atoms. The van der Waals surface area contributed by atoms with Gasteiger partial charge in [0.25, 0.3) is 0 Å². The molecule has 0 aliphatic carbocycles. The Kier molecular flexibility index (Phi) is 2.50. The van der Waals surface area contributed by atoms with Crippen LogP contribution in [0.4, 0.5) is 0 Å². The summed E-state index contributed by atoms with van der Waals surface area (Å²) < 4.78 is 4.78. The average Bonchev–Trinajstić information content (AvgIpc) is 2.05. The van der Waals surface area contributed by atoms with Crippen LogP contribution in [0.3, 0.4) is 0 Å². The Balaban J connectivity index is 3.17. The van der Waals surface area contributed by atoms with Crippen LogP contribution in [0, 0.1) is 0 Å². The van der Waals surface area contributed by atoms with Crippen LogP contribution in [0.15, 0.2) is 12.3 Å². The molecule has 0 aliphatic rings. The number of ether oxygens (including phenoxy) is 1. The summed E-state index contributed by atoms with van der Waals surface area (Å²) in [4.78, 5) is 14.1. The van der Waals surface area contributed by atoms with Crippen molar-refractivity contribution in [1.29, 1.82) is 0 Å². The Hall–Kier alpha value is -1.29. The molecule has 0 bridgehead atoms. The SMILES string of the molecule is COc1cnc(Cl)c(C(=O)O)c1. The number of carbonyl (C=O) groups is 1. The van der Waals surface area contributed by atoms with Crippen molar-refractivity contribution in [3.8, 4) is 5.75 Å². The van der Waals surface area contributed by atoms with Crippen molar-refractivity contribution < 1.29 is 14.6 Å². The van der Waals surface area contributed by atoms with E-state index in [1.807, 2.05) is 0 Å². The van der Waals surface area contributed by atoms with Crippen molar-refractivity contribution in [1.82, 2.24) is 4.98 Å². The number of methoxy groups -OCH3 is 1. The molecule has 1 heterocycles. The van der Waals surface area contributed by atoms with E-state index in [2.05, 4.69) is 4.98 Å². The number of rotatable bonds is 2. The van der Waals surface area contributed by atoms with E-state index in [0.29, 0.717) is 5.75 Å². The van der Waals surface area contributed by atoms with Crippen LogP contribution in [0.2, 0.25) is 5.15 Å². The van der Waals surface area contributed by atoms with Crippen LogP contribution < -0.4 is 4.74 Å². The van der Waals surface area contributed by atoms with E-state index < -0.39 is 5.97 Å². The molecule has 0 saturated heterocycles. The topological polar surface area (TPSA) is 59.4 Å². The summed E-state index contributed by atoms with van der Waals surface area (Å²) in [5, 5.41) is 8.57. The molecule has 0 saturated carbocycles. The Labute approximate surface area is 73.8 Å². The lowest BCUT2D eigenvalue weighted by Crippen LogP contribution is -1.99. The van der Waals surface area contributed by atoms with E-state index in [4.69, 9.17) is 21.4 Å². The molecule has 0 aromatic carbocycles. The summed E-state index contributed by atoms with van der Waals surface area (Å²) in [5.41, 5.74) is -0.0592. The van der Waals surface area contributed by atoms with Crippen molar-refractivity contribution in [3.05, 3.63) is 23.0 Å². The van der Waals surface area contributed by atoms with Gasteiger partial charge in [0.15, 0.2) is 0 Å². The minimum atomic E-state index is -1.12. The Morgan fingerprint density at radius 1 is 1.75 bits per heavy atom. The highest BCUT2D eigenvalue weighted by Gasteiger charge is 2.10. The van der Waals surface area contributed by atoms with Crippen molar-refractivity contribution >= 4 is 17.6 Å². The van der Waals surface area contributed by atoms with Crippen molar-refractivity contribution in [2.24, 2.45) is 0 Å². The minimum absolute atomic E-state index is 0.0386. The highest BCUT2D eigenvalue weighted by Crippen LogP contribution is 2.18. The van der Waals surface area contributed by atoms with Crippen LogP contribution in [-0.4, -0.2) is 23.2 Å². The molecule has 0 aliphatic heterocycles. The molecule has 0 atom stereocenters. The first-order chi connectivity index (χ1) is 5.65. The zero-order valence-corrected chi connectivity index (χ0v) is 7.00. The lowest BCUT2D eigenvalue weighted by atomic mass is 10.3. The fraction of sp³-hybridized carbons (Fsp3) is 0.143. The maximum absolute atomic E-state index is 10.5. The molecule has 1 aromatic heterocycles. The van der Waals surface area contributed by atoms with Crippen molar-refractivity contribution in [2.45, 2.75) is 0 Å². The molecule has 64 valence electrons. The summed E-state index contributed by atoms with van der Waals surface area (Å²) in [6.45, 7) is 0. The van der Waals surface area contributed by atoms with Crippen molar-refractivity contribution in [2.75, 3.05) is 7.11 Å².